The van der Waals surface area contributed by atoms with Crippen LogP contribution in [0, 0.1) is 16.3 Å². The molecule has 2 aromatic heterocycles. The highest BCUT2D eigenvalue weighted by Crippen LogP contribution is 2.41. The van der Waals surface area contributed by atoms with E-state index in [9.17, 15) is 40.4 Å². The first kappa shape index (κ1) is 41.3. The molecule has 0 saturated heterocycles. The van der Waals surface area contributed by atoms with E-state index in [2.05, 4.69) is 41.3 Å². The van der Waals surface area contributed by atoms with Crippen molar-refractivity contribution in [3.63, 3.8) is 0 Å². The Kier molecular flexibility index (Phi) is 13.3. The molecule has 0 bridgehead atoms. The third-order valence-corrected chi connectivity index (χ3v) is 9.06. The van der Waals surface area contributed by atoms with Gasteiger partial charge >= 0.3 is 30.2 Å². The number of carboxylic acids is 1. The summed E-state index contributed by atoms with van der Waals surface area (Å²) in [7, 11) is -2.06. The van der Waals surface area contributed by atoms with Crippen molar-refractivity contribution >= 4 is 84.1 Å². The minimum atomic E-state index is -4.69. The second-order valence-electron chi connectivity index (χ2n) is 10.1. The molecule has 2 heterocycles. The van der Waals surface area contributed by atoms with Crippen LogP contribution in [-0.4, -0.2) is 69.4 Å². The van der Waals surface area contributed by atoms with Gasteiger partial charge in [0.25, 0.3) is 10.0 Å². The molecule has 4 rings (SSSR count). The van der Waals surface area contributed by atoms with Crippen molar-refractivity contribution in [1.29, 1.82) is 0 Å². The van der Waals surface area contributed by atoms with Crippen molar-refractivity contribution in [2.45, 2.75) is 37.9 Å². The lowest BCUT2D eigenvalue weighted by Gasteiger charge is -2.11. The molecule has 3 N–H and O–H groups in total. The van der Waals surface area contributed by atoms with E-state index >= 15 is 0 Å². The molecule has 0 aliphatic rings. The summed E-state index contributed by atoms with van der Waals surface area (Å²) in [4.78, 5) is 46.1. The van der Waals surface area contributed by atoms with E-state index in [-0.39, 0.29) is 39.6 Å². The predicted octanol–water partition coefficient (Wildman–Crippen LogP) is 6.23. The van der Waals surface area contributed by atoms with Gasteiger partial charge in [0.1, 0.15) is 22.2 Å². The molecule has 15 nitrogen and oxygen atoms in total. The van der Waals surface area contributed by atoms with E-state index < -0.39 is 66.7 Å². The normalized spacial score (nSPS) is 11.4. The molecule has 0 aliphatic heterocycles. The Hall–Kier alpha value is -4.16. The molecular formula is C28H24BrClF4IN7O8S. The summed E-state index contributed by atoms with van der Waals surface area (Å²) in [5, 5.41) is 14.8. The molecule has 0 fully saturated rings. The molecular weight excluding hydrogens is 913 g/mol. The number of alkyl halides is 3. The van der Waals surface area contributed by atoms with Gasteiger partial charge in [-0.15, -0.1) is 0 Å². The SMILES string of the molecule is CC(C)OC(=O)c1cc(-c2nn(C)c(C(F)(F)F)c2Br)c(F)cc1Cl.COc1nc(C)nc(NC(=O)NS(=O)(=O)c2cc(I)ccc2C(=O)O)n1. The molecule has 0 saturated carbocycles. The van der Waals surface area contributed by atoms with Crippen LogP contribution in [0.4, 0.5) is 28.3 Å². The third kappa shape index (κ3) is 10.4. The van der Waals surface area contributed by atoms with Gasteiger partial charge in [-0.2, -0.15) is 33.2 Å². The summed E-state index contributed by atoms with van der Waals surface area (Å²) in [5.41, 5.74) is -2.33. The average Bonchev–Trinajstić information content (AvgIpc) is 3.29. The summed E-state index contributed by atoms with van der Waals surface area (Å²) in [5.74, 6) is -3.17. The minimum Gasteiger partial charge on any atom is -0.478 e. The Morgan fingerprint density at radius 2 is 1.75 bits per heavy atom. The number of rotatable bonds is 8. The number of aromatic nitrogens is 5. The highest BCUT2D eigenvalue weighted by Gasteiger charge is 2.39. The fraction of sp³-hybridized carbons (Fsp3) is 0.250. The van der Waals surface area contributed by atoms with Crippen LogP contribution in [0.2, 0.25) is 5.02 Å². The molecule has 274 valence electrons. The number of nitrogens with zero attached hydrogens (tertiary/aromatic N) is 5. The van der Waals surface area contributed by atoms with Crippen molar-refractivity contribution in [3.05, 3.63) is 71.9 Å². The smallest absolute Gasteiger partial charge is 0.434 e. The molecule has 23 heteroatoms. The van der Waals surface area contributed by atoms with Crippen molar-refractivity contribution in [3.8, 4) is 17.3 Å². The van der Waals surface area contributed by atoms with E-state index in [1.54, 1.807) is 18.6 Å². The summed E-state index contributed by atoms with van der Waals surface area (Å²) in [6.07, 6.45) is -5.14. The summed E-state index contributed by atoms with van der Waals surface area (Å²) < 4.78 is 90.4. The third-order valence-electron chi connectivity index (χ3n) is 5.96. The Labute approximate surface area is 313 Å². The first-order valence-corrected chi connectivity index (χ1v) is 17.4. The number of halogens is 7. The van der Waals surface area contributed by atoms with Crippen LogP contribution >= 0.6 is 50.1 Å². The standard InChI is InChI=1S/C15H12BrClF4N2O2.C13H12IN5O6S/c1-6(2)25-14(24)7-4-8(10(18)5-9(7)17)12-11(16)13(15(19,20)21)23(3)22-12;1-6-15-11(18-13(16-6)25-2)17-12(22)19-26(23,24)9-5-7(14)3-4-8(9)10(20)21/h4-6H,1-3H3;3-5H,1-2H3,(H,20,21)(H2,15,16,17,18,19,22). The topological polar surface area (TPSA) is 205 Å². The number of aryl methyl sites for hydroxylation is 2. The lowest BCUT2D eigenvalue weighted by molar-refractivity contribution is -0.144. The van der Waals surface area contributed by atoms with Crippen LogP contribution in [0.15, 0.2) is 39.7 Å². The number of anilines is 1. The molecule has 0 unspecified atom stereocenters. The molecule has 2 amide bonds. The average molecular weight is 937 g/mol. The molecule has 51 heavy (non-hydrogen) atoms. The maximum atomic E-state index is 14.3. The number of carbonyl (C=O) groups is 3. The van der Waals surface area contributed by atoms with Crippen molar-refractivity contribution < 1.29 is 54.9 Å². The number of methoxy groups -OCH3 is 1. The lowest BCUT2D eigenvalue weighted by Crippen LogP contribution is -2.35. The number of nitrogens with one attached hydrogen (secondary N) is 2. The second-order valence-corrected chi connectivity index (χ2v) is 14.2. The van der Waals surface area contributed by atoms with Gasteiger partial charge in [-0.1, -0.05) is 11.6 Å². The number of carboxylic acid groups (broad SMARTS) is 1. The highest BCUT2D eigenvalue weighted by atomic mass is 127. The number of benzene rings is 2. The van der Waals surface area contributed by atoms with Crippen LogP contribution in [0.3, 0.4) is 0 Å². The highest BCUT2D eigenvalue weighted by molar-refractivity contribution is 14.1. The number of urea groups is 1. The van der Waals surface area contributed by atoms with Crippen molar-refractivity contribution in [1.82, 2.24) is 29.5 Å². The summed E-state index contributed by atoms with van der Waals surface area (Å²) in [6.45, 7) is 4.75. The van der Waals surface area contributed by atoms with E-state index in [0.717, 1.165) is 31.3 Å². The number of ether oxygens (including phenoxy) is 2. The van der Waals surface area contributed by atoms with E-state index in [1.807, 2.05) is 22.6 Å². The zero-order chi connectivity index (χ0) is 38.6. The monoisotopic (exact) mass is 935 g/mol. The van der Waals surface area contributed by atoms with Crippen LogP contribution < -0.4 is 14.8 Å². The molecule has 0 radical (unpaired) electrons. The number of hydrogen-bond donors (Lipinski definition) is 3. The lowest BCUT2D eigenvalue weighted by atomic mass is 10.1. The Morgan fingerprint density at radius 3 is 2.29 bits per heavy atom. The molecule has 0 aliphatic carbocycles. The fourth-order valence-corrected chi connectivity index (χ4v) is 6.78. The van der Waals surface area contributed by atoms with Gasteiger partial charge in [-0.25, -0.2) is 31.9 Å². The number of carbonyl (C=O) groups excluding carboxylic acids is 2. The molecule has 0 atom stereocenters. The fourth-order valence-electron chi connectivity index (χ4n) is 3.95. The van der Waals surface area contributed by atoms with Crippen molar-refractivity contribution in [2.24, 2.45) is 7.05 Å². The number of sulfonamides is 1. The number of hydrogen-bond acceptors (Lipinski definition) is 11. The van der Waals surface area contributed by atoms with Crippen LogP contribution in [-0.2, 0) is 28.0 Å². The van der Waals surface area contributed by atoms with Crippen LogP contribution in [0.5, 0.6) is 6.01 Å². The molecule has 2 aromatic carbocycles. The second kappa shape index (κ2) is 16.5. The van der Waals surface area contributed by atoms with Gasteiger partial charge < -0.3 is 14.6 Å². The van der Waals surface area contributed by atoms with E-state index in [1.165, 1.54) is 20.1 Å². The number of amides is 2. The zero-order valence-corrected chi connectivity index (χ0v) is 31.9. The maximum Gasteiger partial charge on any atom is 0.434 e. The maximum absolute atomic E-state index is 14.3. The van der Waals surface area contributed by atoms with Gasteiger partial charge in [0, 0.05) is 16.2 Å². The molecule has 4 aromatic rings. The molecule has 0 spiro atoms. The van der Waals surface area contributed by atoms with Gasteiger partial charge in [0.2, 0.25) is 5.95 Å². The first-order chi connectivity index (χ1) is 23.5. The van der Waals surface area contributed by atoms with Crippen LogP contribution in [0.1, 0.15) is 46.1 Å². The van der Waals surface area contributed by atoms with Crippen molar-refractivity contribution in [2.75, 3.05) is 12.4 Å². The predicted molar refractivity (Wildman–Crippen MR) is 183 cm³/mol. The first-order valence-electron chi connectivity index (χ1n) is 13.7. The zero-order valence-electron chi connectivity index (χ0n) is 26.6. The van der Waals surface area contributed by atoms with Crippen LogP contribution in [0.25, 0.3) is 11.3 Å². The van der Waals surface area contributed by atoms with E-state index in [0.29, 0.717) is 8.25 Å². The largest absolute Gasteiger partial charge is 0.478 e. The van der Waals surface area contributed by atoms with Gasteiger partial charge in [0.05, 0.1) is 33.8 Å². The quantitative estimate of drug-likeness (QED) is 0.102. The Morgan fingerprint density at radius 1 is 1.10 bits per heavy atom. The van der Waals surface area contributed by atoms with Gasteiger partial charge in [-0.3, -0.25) is 10.00 Å². The number of esters is 1. The summed E-state index contributed by atoms with van der Waals surface area (Å²) in [6, 6.07) is 4.32. The van der Waals surface area contributed by atoms with Gasteiger partial charge in [0.15, 0.2) is 5.69 Å². The Bertz CT molecular complexity index is 2120. The Balaban J connectivity index is 0.000000276. The van der Waals surface area contributed by atoms with Gasteiger partial charge in [-0.05, 0) is 89.6 Å². The summed E-state index contributed by atoms with van der Waals surface area (Å²) >= 11 is 10.5. The minimum absolute atomic E-state index is 0.0681. The number of aromatic carboxylic acids is 1. The van der Waals surface area contributed by atoms with E-state index in [4.69, 9.17) is 26.2 Å².